The van der Waals surface area contributed by atoms with Gasteiger partial charge in [-0.2, -0.15) is 0 Å². The Morgan fingerprint density at radius 1 is 0.900 bits per heavy atom. The average molecular weight is 406 g/mol. The maximum atomic E-state index is 12.2. The van der Waals surface area contributed by atoms with Crippen molar-refractivity contribution in [3.8, 4) is 0 Å². The molecule has 1 aliphatic rings. The number of urea groups is 1. The van der Waals surface area contributed by atoms with Crippen LogP contribution in [0.25, 0.3) is 10.8 Å². The number of piperazine rings is 1. The Bertz CT molecular complexity index is 989. The Labute approximate surface area is 175 Å². The first-order valence-electron chi connectivity index (χ1n) is 10.2. The highest BCUT2D eigenvalue weighted by atomic mass is 16.3. The second-order valence-electron chi connectivity index (χ2n) is 7.50. The Hall–Kier alpha value is -3.16. The van der Waals surface area contributed by atoms with Gasteiger partial charge in [0.15, 0.2) is 0 Å². The fraction of sp³-hybridized carbons (Fsp3) is 0.304. The van der Waals surface area contributed by atoms with Gasteiger partial charge in [-0.1, -0.05) is 42.5 Å². The van der Waals surface area contributed by atoms with Crippen LogP contribution >= 0.6 is 0 Å². The molecule has 30 heavy (non-hydrogen) atoms. The molecule has 1 aliphatic heterocycles. The van der Waals surface area contributed by atoms with Gasteiger partial charge < -0.3 is 9.73 Å². The van der Waals surface area contributed by atoms with Crippen LogP contribution in [-0.4, -0.2) is 54.5 Å². The maximum absolute atomic E-state index is 12.2. The average Bonchev–Trinajstić information content (AvgIpc) is 3.28. The standard InChI is InChI=1S/C23H26N4O3/c28-22(25-23(29)24-15-20-8-4-14-30-20)17-27-12-10-26(11-13-27)16-19-7-3-6-18-5-1-2-9-21(18)19/h1-9,14H,10-13,15-17H2,(H2,24,25,28,29). The van der Waals surface area contributed by atoms with Gasteiger partial charge >= 0.3 is 6.03 Å². The van der Waals surface area contributed by atoms with Crippen LogP contribution in [0, 0.1) is 0 Å². The van der Waals surface area contributed by atoms with Gasteiger partial charge in [0.25, 0.3) is 0 Å². The van der Waals surface area contributed by atoms with Crippen molar-refractivity contribution in [3.05, 3.63) is 72.2 Å². The molecule has 156 valence electrons. The number of fused-ring (bicyclic) bond motifs is 1. The minimum absolute atomic E-state index is 0.219. The van der Waals surface area contributed by atoms with Gasteiger partial charge in [-0.25, -0.2) is 4.79 Å². The van der Waals surface area contributed by atoms with Gasteiger partial charge in [0, 0.05) is 32.7 Å². The van der Waals surface area contributed by atoms with Crippen molar-refractivity contribution >= 4 is 22.7 Å². The van der Waals surface area contributed by atoms with Crippen molar-refractivity contribution in [2.75, 3.05) is 32.7 Å². The van der Waals surface area contributed by atoms with Crippen molar-refractivity contribution in [1.82, 2.24) is 20.4 Å². The smallest absolute Gasteiger partial charge is 0.321 e. The highest BCUT2D eigenvalue weighted by Crippen LogP contribution is 2.20. The van der Waals surface area contributed by atoms with Crippen molar-refractivity contribution < 1.29 is 14.0 Å². The molecule has 0 saturated carbocycles. The zero-order valence-electron chi connectivity index (χ0n) is 16.8. The largest absolute Gasteiger partial charge is 0.467 e. The fourth-order valence-electron chi connectivity index (χ4n) is 3.77. The number of hydrogen-bond acceptors (Lipinski definition) is 5. The first-order chi connectivity index (χ1) is 14.7. The van der Waals surface area contributed by atoms with E-state index in [0.29, 0.717) is 5.76 Å². The number of nitrogens with one attached hydrogen (secondary N) is 2. The van der Waals surface area contributed by atoms with E-state index in [2.05, 4.69) is 62.9 Å². The van der Waals surface area contributed by atoms with Crippen LogP contribution < -0.4 is 10.6 Å². The monoisotopic (exact) mass is 406 g/mol. The Morgan fingerprint density at radius 2 is 1.67 bits per heavy atom. The second kappa shape index (κ2) is 9.56. The van der Waals surface area contributed by atoms with Crippen LogP contribution in [0.15, 0.2) is 65.3 Å². The Balaban J connectivity index is 1.20. The number of rotatable bonds is 6. The van der Waals surface area contributed by atoms with Crippen molar-refractivity contribution in [3.63, 3.8) is 0 Å². The third-order valence-corrected chi connectivity index (χ3v) is 5.36. The van der Waals surface area contributed by atoms with Gasteiger partial charge in [0.2, 0.25) is 5.91 Å². The molecule has 0 spiro atoms. The molecule has 0 bridgehead atoms. The summed E-state index contributed by atoms with van der Waals surface area (Å²) >= 11 is 0. The number of hydrogen-bond donors (Lipinski definition) is 2. The first-order valence-corrected chi connectivity index (χ1v) is 10.2. The minimum atomic E-state index is -0.508. The summed E-state index contributed by atoms with van der Waals surface area (Å²) in [6, 6.07) is 17.9. The molecule has 3 aromatic rings. The van der Waals surface area contributed by atoms with Gasteiger partial charge in [0.05, 0.1) is 19.4 Å². The van der Waals surface area contributed by atoms with Crippen molar-refractivity contribution in [1.29, 1.82) is 0 Å². The summed E-state index contributed by atoms with van der Waals surface area (Å²) in [6.45, 7) is 4.74. The minimum Gasteiger partial charge on any atom is -0.467 e. The molecular weight excluding hydrogens is 380 g/mol. The molecule has 1 aromatic heterocycles. The maximum Gasteiger partial charge on any atom is 0.321 e. The van der Waals surface area contributed by atoms with Crippen molar-refractivity contribution in [2.24, 2.45) is 0 Å². The van der Waals surface area contributed by atoms with Crippen LogP contribution in [-0.2, 0) is 17.9 Å². The summed E-state index contributed by atoms with van der Waals surface area (Å²) in [6.07, 6.45) is 1.54. The Kier molecular flexibility index (Phi) is 6.41. The molecule has 2 N–H and O–H groups in total. The molecule has 3 amide bonds. The molecule has 0 aliphatic carbocycles. The molecule has 1 saturated heterocycles. The van der Waals surface area contributed by atoms with Crippen LogP contribution in [0.3, 0.4) is 0 Å². The third-order valence-electron chi connectivity index (χ3n) is 5.36. The number of carbonyl (C=O) groups excluding carboxylic acids is 2. The summed E-state index contributed by atoms with van der Waals surface area (Å²) in [5, 5.41) is 7.54. The number of furan rings is 1. The topological polar surface area (TPSA) is 77.8 Å². The molecule has 7 heteroatoms. The molecule has 7 nitrogen and oxygen atoms in total. The summed E-state index contributed by atoms with van der Waals surface area (Å²) < 4.78 is 5.15. The lowest BCUT2D eigenvalue weighted by molar-refractivity contribution is -0.121. The SMILES string of the molecule is O=C(CN1CCN(Cc2cccc3ccccc23)CC1)NC(=O)NCc1ccco1. The van der Waals surface area contributed by atoms with E-state index in [9.17, 15) is 9.59 Å². The molecule has 4 rings (SSSR count). The van der Waals surface area contributed by atoms with E-state index in [0.717, 1.165) is 32.7 Å². The predicted molar refractivity (Wildman–Crippen MR) is 115 cm³/mol. The zero-order valence-corrected chi connectivity index (χ0v) is 16.8. The predicted octanol–water partition coefficient (Wildman–Crippen LogP) is 2.58. The van der Waals surface area contributed by atoms with Crippen LogP contribution in [0.5, 0.6) is 0 Å². The number of nitrogens with zero attached hydrogens (tertiary/aromatic N) is 2. The highest BCUT2D eigenvalue weighted by Gasteiger charge is 2.20. The third kappa shape index (κ3) is 5.25. The van der Waals surface area contributed by atoms with E-state index < -0.39 is 6.03 Å². The van der Waals surface area contributed by atoms with Crippen LogP contribution in [0.2, 0.25) is 0 Å². The summed E-state index contributed by atoms with van der Waals surface area (Å²) in [4.78, 5) is 28.5. The second-order valence-corrected chi connectivity index (χ2v) is 7.50. The highest BCUT2D eigenvalue weighted by molar-refractivity contribution is 5.95. The molecule has 2 aromatic carbocycles. The molecular formula is C23H26N4O3. The lowest BCUT2D eigenvalue weighted by Gasteiger charge is -2.34. The zero-order chi connectivity index (χ0) is 20.8. The van der Waals surface area contributed by atoms with Gasteiger partial charge in [-0.05, 0) is 28.5 Å². The normalized spacial score (nSPS) is 15.2. The number of benzene rings is 2. The van der Waals surface area contributed by atoms with Crippen LogP contribution in [0.4, 0.5) is 4.79 Å². The van der Waals surface area contributed by atoms with E-state index in [1.807, 2.05) is 0 Å². The lowest BCUT2D eigenvalue weighted by atomic mass is 10.0. The number of carbonyl (C=O) groups is 2. The first kappa shape index (κ1) is 20.1. The van der Waals surface area contributed by atoms with Crippen molar-refractivity contribution in [2.45, 2.75) is 13.1 Å². The van der Waals surface area contributed by atoms with E-state index in [1.54, 1.807) is 18.4 Å². The number of amides is 3. The quantitative estimate of drug-likeness (QED) is 0.658. The molecule has 0 radical (unpaired) electrons. The van der Waals surface area contributed by atoms with Gasteiger partial charge in [0.1, 0.15) is 5.76 Å². The van der Waals surface area contributed by atoms with Crippen LogP contribution in [0.1, 0.15) is 11.3 Å². The van der Waals surface area contributed by atoms with Gasteiger partial charge in [-0.3, -0.25) is 19.9 Å². The lowest BCUT2D eigenvalue weighted by Crippen LogP contribution is -2.50. The Morgan fingerprint density at radius 3 is 2.47 bits per heavy atom. The van der Waals surface area contributed by atoms with Gasteiger partial charge in [-0.15, -0.1) is 0 Å². The van der Waals surface area contributed by atoms with E-state index in [-0.39, 0.29) is 19.0 Å². The van der Waals surface area contributed by atoms with E-state index in [4.69, 9.17) is 4.42 Å². The molecule has 0 atom stereocenters. The van der Waals surface area contributed by atoms with E-state index in [1.165, 1.54) is 16.3 Å². The molecule has 0 unspecified atom stereocenters. The number of imide groups is 1. The molecule has 1 fully saturated rings. The summed E-state index contributed by atoms with van der Waals surface area (Å²) in [7, 11) is 0. The molecule has 2 heterocycles. The fourth-order valence-corrected chi connectivity index (χ4v) is 3.77. The summed E-state index contributed by atoms with van der Waals surface area (Å²) in [5.41, 5.74) is 1.33. The van der Waals surface area contributed by atoms with E-state index >= 15 is 0 Å². The summed E-state index contributed by atoms with van der Waals surface area (Å²) in [5.74, 6) is 0.342.